The van der Waals surface area contributed by atoms with Gasteiger partial charge in [-0.1, -0.05) is 147 Å². The van der Waals surface area contributed by atoms with Crippen molar-refractivity contribution in [1.29, 1.82) is 0 Å². The van der Waals surface area contributed by atoms with E-state index in [-0.39, 0.29) is 59.1 Å². The van der Waals surface area contributed by atoms with Gasteiger partial charge in [-0.2, -0.15) is 0 Å². The largest absolute Gasteiger partial charge is 0.460 e. The first-order chi connectivity index (χ1) is 42.6. The van der Waals surface area contributed by atoms with Gasteiger partial charge in [0.15, 0.2) is 6.29 Å². The van der Waals surface area contributed by atoms with E-state index >= 15 is 0 Å². The third-order valence-corrected chi connectivity index (χ3v) is 14.4. The lowest BCUT2D eigenvalue weighted by Crippen LogP contribution is -2.43. The molecule has 11 N–H and O–H groups in total. The van der Waals surface area contributed by atoms with Crippen molar-refractivity contribution in [2.75, 3.05) is 118 Å². The Morgan fingerprint density at radius 1 is 0.418 bits per heavy atom. The van der Waals surface area contributed by atoms with E-state index in [0.29, 0.717) is 129 Å². The molecule has 0 aliphatic heterocycles. The van der Waals surface area contributed by atoms with Crippen molar-refractivity contribution in [3.05, 3.63) is 213 Å². The summed E-state index contributed by atoms with van der Waals surface area (Å²) in [6.07, 6.45) is -1.01. The number of hydrogen-bond donors (Lipinski definition) is 9. The average Bonchev–Trinajstić information content (AvgIpc) is 3.74. The van der Waals surface area contributed by atoms with Gasteiger partial charge in [-0.05, 0) is 94.8 Å². The molecular weight excluding hydrogens is 1190 g/mol. The number of nitrogens with zero attached hydrogens (tertiary/aromatic N) is 2. The maximum atomic E-state index is 12.7. The molecule has 500 valence electrons. The van der Waals surface area contributed by atoms with Crippen molar-refractivity contribution >= 4 is 52.8 Å². The van der Waals surface area contributed by atoms with Gasteiger partial charge < -0.3 is 57.9 Å². The van der Waals surface area contributed by atoms with Crippen LogP contribution in [0, 0.1) is 0 Å². The predicted octanol–water partition coefficient (Wildman–Crippen LogP) is 9.58. The van der Waals surface area contributed by atoms with Crippen LogP contribution in [0.5, 0.6) is 0 Å². The highest BCUT2D eigenvalue weighted by molar-refractivity contribution is 6.17. The topological polar surface area (TPSA) is 255 Å². The lowest BCUT2D eigenvalue weighted by atomic mass is 10.0. The number of rotatable bonds is 36. The molecule has 0 spiro atoms. The minimum absolute atomic E-state index is 0. The maximum absolute atomic E-state index is 12.7. The van der Waals surface area contributed by atoms with Crippen molar-refractivity contribution in [2.45, 2.75) is 79.9 Å². The Balaban J connectivity index is 0.000000743. The lowest BCUT2D eigenvalue weighted by molar-refractivity contribution is -0.111. The monoisotopic (exact) mass is 1290 g/mol. The summed E-state index contributed by atoms with van der Waals surface area (Å²) in [5, 5.41) is 28.2. The molecule has 1 unspecified atom stereocenters. The van der Waals surface area contributed by atoms with Gasteiger partial charge in [-0.3, -0.25) is 29.0 Å². The van der Waals surface area contributed by atoms with E-state index in [4.69, 9.17) is 44.1 Å². The highest BCUT2D eigenvalue weighted by atomic mass is 35.5. The van der Waals surface area contributed by atoms with Crippen molar-refractivity contribution < 1.29 is 38.6 Å². The number of aliphatic hydroxyl groups is 1. The molecule has 0 saturated heterocycles. The minimum atomic E-state index is -1.01. The molecular formula is C71H104Cl2N10O8. The fraction of sp³-hybridized carbons (Fsp3) is 0.423. The van der Waals surface area contributed by atoms with Gasteiger partial charge in [0.05, 0.1) is 12.2 Å². The number of nitrogens with one attached hydrogen (secondary N) is 6. The zero-order valence-corrected chi connectivity index (χ0v) is 53.0. The number of esters is 1. The molecule has 91 heavy (non-hydrogen) atoms. The minimum Gasteiger partial charge on any atom is -0.460 e. The van der Waals surface area contributed by atoms with Crippen molar-refractivity contribution in [2.24, 2.45) is 11.5 Å². The summed E-state index contributed by atoms with van der Waals surface area (Å²) in [6.45, 7) is 19.5. The molecule has 0 aromatic heterocycles. The summed E-state index contributed by atoms with van der Waals surface area (Å²) in [5.41, 5.74) is 19.1. The van der Waals surface area contributed by atoms with Gasteiger partial charge in [-0.15, -0.1) is 23.2 Å². The van der Waals surface area contributed by atoms with E-state index in [2.05, 4.69) is 69.4 Å². The molecule has 20 heteroatoms. The first kappa shape index (κ1) is 81.9. The quantitative estimate of drug-likeness (QED) is 0.00769. The number of alkyl halides is 2. The van der Waals surface area contributed by atoms with Gasteiger partial charge in [0.1, 0.15) is 6.61 Å². The number of hydrogen-bond acceptors (Lipinski definition) is 14. The first-order valence-electron chi connectivity index (χ1n) is 30.1. The summed E-state index contributed by atoms with van der Waals surface area (Å²) < 4.78 is 10.2. The zero-order chi connectivity index (χ0) is 63.7. The Bertz CT molecular complexity index is 2890. The lowest BCUT2D eigenvalue weighted by Gasteiger charge is -2.23. The van der Waals surface area contributed by atoms with Crippen LogP contribution in [0.15, 0.2) is 158 Å². The van der Waals surface area contributed by atoms with Crippen LogP contribution >= 0.6 is 23.2 Å². The number of halogens is 2. The molecule has 6 rings (SSSR count). The van der Waals surface area contributed by atoms with E-state index < -0.39 is 12.3 Å². The Morgan fingerprint density at radius 2 is 0.780 bits per heavy atom. The summed E-state index contributed by atoms with van der Waals surface area (Å²) in [6, 6.07) is 47.7. The zero-order valence-electron chi connectivity index (χ0n) is 51.5. The smallest absolute Gasteiger partial charge is 0.338 e. The number of nitrogens with two attached hydrogens (primary N) is 2. The maximum Gasteiger partial charge on any atom is 0.338 e. The van der Waals surface area contributed by atoms with Crippen LogP contribution in [-0.4, -0.2) is 162 Å². The molecule has 6 aromatic rings. The molecule has 0 radical (unpaired) electrons. The Labute approximate surface area is 552 Å². The first-order valence-corrected chi connectivity index (χ1v) is 31.2. The van der Waals surface area contributed by atoms with Crippen LogP contribution in [0.4, 0.5) is 0 Å². The van der Waals surface area contributed by atoms with Gasteiger partial charge in [0.25, 0.3) is 23.6 Å². The Morgan fingerprint density at radius 3 is 1.16 bits per heavy atom. The molecule has 18 nitrogen and oxygen atoms in total. The van der Waals surface area contributed by atoms with Gasteiger partial charge in [0, 0.05) is 144 Å². The number of ether oxygens (including phenoxy) is 2. The normalized spacial score (nSPS) is 10.9. The van der Waals surface area contributed by atoms with E-state index in [1.54, 1.807) is 60.7 Å². The predicted molar refractivity (Wildman–Crippen MR) is 373 cm³/mol. The van der Waals surface area contributed by atoms with Crippen LogP contribution < -0.4 is 43.4 Å². The molecule has 0 aliphatic rings. The van der Waals surface area contributed by atoms with Crippen molar-refractivity contribution in [3.8, 4) is 0 Å². The number of benzene rings is 6. The number of aliphatic hydroxyl groups excluding tert-OH is 1. The highest BCUT2D eigenvalue weighted by Gasteiger charge is 2.14. The van der Waals surface area contributed by atoms with Crippen molar-refractivity contribution in [3.63, 3.8) is 0 Å². The second kappa shape index (κ2) is 48.7. The number of carbonyl (C=O) groups excluding carboxylic acids is 5. The van der Waals surface area contributed by atoms with E-state index in [0.717, 1.165) is 43.9 Å². The summed E-state index contributed by atoms with van der Waals surface area (Å²) >= 11 is 11.7. The second-order valence-corrected chi connectivity index (χ2v) is 21.7. The molecule has 0 bridgehead atoms. The molecule has 6 aromatic carbocycles. The molecule has 0 heterocycles. The third-order valence-electron chi connectivity index (χ3n) is 13.8. The third kappa shape index (κ3) is 33.2. The molecule has 0 saturated carbocycles. The summed E-state index contributed by atoms with van der Waals surface area (Å²) in [5.74, 6) is 0.885. The SMILES string of the molecule is C.C.C.CC(C)c1ccc(C(=O)NCCN(CCN)CCNCCN)cc1.CC(C)c1ccc(C(=O)NCCN(CCNCCNC(=O)c2ccc(CCl)cc2)CCNC(=O)c2ccc(CCl)cc2)cc1.O=C(OCCOC(O)c1ccccc1)c1ccccc1. The van der Waals surface area contributed by atoms with Gasteiger partial charge in [-0.25, -0.2) is 4.79 Å². The molecule has 4 amide bonds. The molecule has 0 fully saturated rings. The molecule has 1 atom stereocenters. The van der Waals surface area contributed by atoms with E-state index in [9.17, 15) is 29.1 Å². The van der Waals surface area contributed by atoms with E-state index in [1.807, 2.05) is 97.1 Å². The van der Waals surface area contributed by atoms with Crippen LogP contribution in [0.1, 0.15) is 148 Å². The van der Waals surface area contributed by atoms with Crippen LogP contribution in [0.25, 0.3) is 0 Å². The second-order valence-electron chi connectivity index (χ2n) is 21.1. The number of carbonyl (C=O) groups is 5. The summed E-state index contributed by atoms with van der Waals surface area (Å²) in [4.78, 5) is 65.9. The fourth-order valence-corrected chi connectivity index (χ4v) is 8.89. The van der Waals surface area contributed by atoms with E-state index in [1.165, 1.54) is 11.1 Å². The van der Waals surface area contributed by atoms with Crippen molar-refractivity contribution in [1.82, 2.24) is 41.7 Å². The number of amides is 4. The Hall–Kier alpha value is -7.07. The molecule has 0 aliphatic carbocycles. The van der Waals surface area contributed by atoms with Gasteiger partial charge >= 0.3 is 5.97 Å². The average molecular weight is 1300 g/mol. The van der Waals surface area contributed by atoms with Gasteiger partial charge in [0.2, 0.25) is 0 Å². The standard InChI is InChI=1S/C34H43Cl2N5O3.C18H33N5O.C16H16O4.3CH4/c1-25(2)28-11-13-31(14-12-28)34(44)40-19-22-41(21-18-39-33(43)30-9-5-27(24-36)6-10-30)20-17-37-15-16-38-32(42)29-7-3-26(23-35)4-8-29;1-15(2)16-3-5-17(6-4-16)18(24)22-11-14-23(12-8-20)13-10-21-9-7-19;17-15(13-7-3-1-4-8-13)19-11-12-20-16(18)14-9-5-2-6-10-14;;;/h3-14,25,37H,15-24H2,1-2H3,(H,38,42)(H,39,43)(H,40,44);3-6,15,21H,7-14,19-20H2,1-2H3,(H,22,24);1-10,15,17H,11-12H2;3*1H4. The van der Waals surface area contributed by atoms with Crippen LogP contribution in [-0.2, 0) is 21.2 Å². The Kier molecular flexibility index (Phi) is 43.8. The van der Waals surface area contributed by atoms with Crippen LogP contribution in [0.2, 0.25) is 0 Å². The summed E-state index contributed by atoms with van der Waals surface area (Å²) in [7, 11) is 0. The fourth-order valence-electron chi connectivity index (χ4n) is 8.53. The highest BCUT2D eigenvalue weighted by Crippen LogP contribution is 2.17. The van der Waals surface area contributed by atoms with Crippen LogP contribution in [0.3, 0.4) is 0 Å².